The van der Waals surface area contributed by atoms with Crippen molar-refractivity contribution in [2.24, 2.45) is 23.5 Å². The molecule has 13 N–H and O–H groups in total. The number of fused-ring (bicyclic) bond motifs is 2. The molecule has 0 aliphatic carbocycles. The molecule has 66 heavy (non-hydrogen) atoms. The number of aliphatic hydroxyl groups excluding tert-OH is 9. The van der Waals surface area contributed by atoms with E-state index < -0.39 is 147 Å². The molecule has 0 aromatic carbocycles. The third-order valence-corrected chi connectivity index (χ3v) is 12.0. The summed E-state index contributed by atoms with van der Waals surface area (Å²) < 4.78 is 23.1. The number of carbonyl (C=O) groups is 2. The molecule has 19 heteroatoms. The van der Waals surface area contributed by atoms with Crippen molar-refractivity contribution in [2.45, 2.75) is 177 Å². The van der Waals surface area contributed by atoms with Gasteiger partial charge in [-0.25, -0.2) is 0 Å². The van der Waals surface area contributed by atoms with Crippen molar-refractivity contribution in [3.63, 3.8) is 0 Å². The van der Waals surface area contributed by atoms with Crippen LogP contribution in [0.3, 0.4) is 0 Å². The van der Waals surface area contributed by atoms with Crippen molar-refractivity contribution in [1.82, 2.24) is 0 Å². The molecule has 19 atom stereocenters. The molecule has 2 fully saturated rings. The van der Waals surface area contributed by atoms with E-state index in [1.165, 1.54) is 13.0 Å². The van der Waals surface area contributed by atoms with Gasteiger partial charge in [0.2, 0.25) is 0 Å². The van der Waals surface area contributed by atoms with Gasteiger partial charge >= 0.3 is 49.7 Å². The van der Waals surface area contributed by atoms with Gasteiger partial charge in [-0.05, 0) is 33.1 Å². The topological polar surface area (TPSA) is 320 Å². The summed E-state index contributed by atoms with van der Waals surface area (Å²) in [6, 6.07) is -1.15. The van der Waals surface area contributed by atoms with Gasteiger partial charge < -0.3 is 80.9 Å². The number of allylic oxidation sites excluding steroid dienone is 12. The number of cyclic esters (lactones) is 1. The van der Waals surface area contributed by atoms with Gasteiger partial charge in [-0.2, -0.15) is 0 Å². The summed E-state index contributed by atoms with van der Waals surface area (Å²) in [5.74, 6) is -6.83. The van der Waals surface area contributed by atoms with E-state index in [4.69, 9.17) is 24.7 Å². The molecule has 18 nitrogen and oxygen atoms in total. The predicted molar refractivity (Wildman–Crippen MR) is 243 cm³/mol. The smallest absolute Gasteiger partial charge is 0.481 e. The van der Waals surface area contributed by atoms with Crippen molar-refractivity contribution >= 4 is 49.7 Å². The first-order valence-corrected chi connectivity index (χ1v) is 22.3. The average Bonchev–Trinajstić information content (AvgIpc) is 3.21. The molecule has 0 radical (unpaired) electrons. The number of esters is 1. The molecule has 3 heterocycles. The minimum atomic E-state index is -2.33. The molecule has 0 saturated carbocycles. The fourth-order valence-corrected chi connectivity index (χ4v) is 7.97. The molecular weight excluding hydrogens is 891 g/mol. The number of hydrogen-bond donors (Lipinski definition) is 12. The Morgan fingerprint density at radius 1 is 0.667 bits per heavy atom. The van der Waals surface area contributed by atoms with Crippen LogP contribution in [0.1, 0.15) is 79.1 Å². The van der Waals surface area contributed by atoms with Gasteiger partial charge in [0.1, 0.15) is 18.1 Å². The Bertz CT molecular complexity index is 1670. The molecule has 0 aromatic heterocycles. The Labute approximate surface area is 417 Å². The molecule has 3 aliphatic heterocycles. The molecule has 3 aliphatic rings. The third kappa shape index (κ3) is 20.0. The minimum Gasteiger partial charge on any atom is -0.481 e. The van der Waals surface area contributed by atoms with Gasteiger partial charge in [-0.1, -0.05) is 98.9 Å². The largest absolute Gasteiger partial charge is 2.00 e. The van der Waals surface area contributed by atoms with Crippen LogP contribution in [0.4, 0.5) is 0 Å². The Kier molecular flexibility index (Phi) is 27.0. The van der Waals surface area contributed by atoms with Crippen LogP contribution in [0, 0.1) is 17.8 Å². The van der Waals surface area contributed by atoms with Crippen LogP contribution in [0.25, 0.3) is 0 Å². The number of rotatable bonds is 3. The molecule has 368 valence electrons. The van der Waals surface area contributed by atoms with Gasteiger partial charge in [0, 0.05) is 37.5 Å². The van der Waals surface area contributed by atoms with Crippen molar-refractivity contribution in [3.8, 4) is 0 Å². The van der Waals surface area contributed by atoms with Crippen LogP contribution in [0.2, 0.25) is 0 Å². The molecule has 0 amide bonds. The zero-order valence-electron chi connectivity index (χ0n) is 38.3. The molecule has 3 rings (SSSR count). The number of aliphatic hydroxyl groups is 10. The maximum atomic E-state index is 12.6. The van der Waals surface area contributed by atoms with Crippen molar-refractivity contribution in [2.75, 3.05) is 0 Å². The van der Waals surface area contributed by atoms with E-state index >= 15 is 0 Å². The summed E-state index contributed by atoms with van der Waals surface area (Å²) in [7, 11) is 0. The summed E-state index contributed by atoms with van der Waals surface area (Å²) in [4.78, 5) is 25.1. The molecule has 15 unspecified atom stereocenters. The van der Waals surface area contributed by atoms with Gasteiger partial charge in [0.15, 0.2) is 12.1 Å². The second kappa shape index (κ2) is 29.8. The van der Waals surface area contributed by atoms with Crippen molar-refractivity contribution in [3.05, 3.63) is 85.1 Å². The monoisotopic (exact) mass is 963 g/mol. The first-order chi connectivity index (χ1) is 30.6. The van der Waals surface area contributed by atoms with Gasteiger partial charge in [0.05, 0.1) is 79.6 Å². The SMILES string of the molecule is CC1/C=C/C=C/C=C/C=C/C=C/C=C/C=C/C(OC2O[C@@H](C)[C@@H](O)[C@@H](N)[C@H]2O)CC2OC(O)(CC(O)CC(O)C(O)CCC(O)CC(O)CC(=O)OC(C)C(C)C1O)CC(O)C2C(=O)O.[Ca+2]. The van der Waals surface area contributed by atoms with Crippen molar-refractivity contribution < 1.29 is 84.7 Å². The van der Waals surface area contributed by atoms with Crippen LogP contribution < -0.4 is 5.73 Å². The van der Waals surface area contributed by atoms with Crippen LogP contribution >= 0.6 is 0 Å². The van der Waals surface area contributed by atoms with E-state index in [2.05, 4.69) is 0 Å². The van der Waals surface area contributed by atoms with Gasteiger partial charge in [-0.3, -0.25) is 9.59 Å². The molecule has 0 spiro atoms. The molecule has 2 bridgehead atoms. The number of carbonyl (C=O) groups excluding carboxylic acids is 1. The number of carboxylic acid groups (broad SMARTS) is 1. The Balaban J connectivity index is 0.0000150. The van der Waals surface area contributed by atoms with Crippen LogP contribution in [-0.4, -0.2) is 203 Å². The zero-order valence-corrected chi connectivity index (χ0v) is 40.5. The Morgan fingerprint density at radius 2 is 1.23 bits per heavy atom. The van der Waals surface area contributed by atoms with E-state index in [1.807, 2.05) is 19.1 Å². The van der Waals surface area contributed by atoms with E-state index in [-0.39, 0.29) is 69.3 Å². The average molecular weight is 964 g/mol. The number of aliphatic carboxylic acids is 1. The number of ether oxygens (including phenoxy) is 4. The standard InChI is InChI=1S/C47H73NO17.Ca/c1-27-17-15-13-11-9-7-5-6-8-10-12-14-16-18-34(64-46-44(58)41(48)43(57)30(4)63-46)24-38-40(45(59)60)37(54)26-47(61,65-38)25-33(51)22-36(53)35(52)20-19-31(49)21-32(50)23-39(55)62-29(3)28(2)42(27)56;/h5-18,27-38,40-44,46,49-54,56-58,61H,19-26,48H2,1-4H3,(H,59,60);/q;+2/b6-5+,9-7+,10-8+,13-11+,14-12+,17-15+,18-16+;/t27?,28?,29?,30-,31?,32?,33?,34?,35?,36?,37?,38?,40?,41+,42?,43+,44+,46?,47?;/m0./s1. The molecular formula is C47H73CaNO17+2. The van der Waals surface area contributed by atoms with E-state index in [9.17, 15) is 65.8 Å². The number of nitrogens with two attached hydrogens (primary N) is 1. The Morgan fingerprint density at radius 3 is 1.80 bits per heavy atom. The maximum absolute atomic E-state index is 12.6. The van der Waals surface area contributed by atoms with E-state index in [0.29, 0.717) is 0 Å². The second-order valence-corrected chi connectivity index (χ2v) is 17.6. The van der Waals surface area contributed by atoms with Gasteiger partial charge in [0.25, 0.3) is 0 Å². The summed E-state index contributed by atoms with van der Waals surface area (Å²) in [5.41, 5.74) is 6.02. The normalized spacial score (nSPS) is 44.8. The van der Waals surface area contributed by atoms with Crippen LogP contribution in [0.15, 0.2) is 85.1 Å². The first-order valence-electron chi connectivity index (χ1n) is 22.3. The zero-order chi connectivity index (χ0) is 48.4. The fourth-order valence-electron chi connectivity index (χ4n) is 7.97. The maximum Gasteiger partial charge on any atom is 2.00 e. The van der Waals surface area contributed by atoms with E-state index in [0.717, 1.165) is 0 Å². The fraction of sp³-hybridized carbons (Fsp3) is 0.660. The Hall–Kier alpha value is -2.18. The summed E-state index contributed by atoms with van der Waals surface area (Å²) in [5, 5.41) is 118. The first kappa shape index (κ1) is 59.9. The third-order valence-electron chi connectivity index (χ3n) is 12.0. The van der Waals surface area contributed by atoms with Crippen molar-refractivity contribution in [1.29, 1.82) is 0 Å². The minimum absolute atomic E-state index is 0. The summed E-state index contributed by atoms with van der Waals surface area (Å²) in [6.45, 7) is 6.74. The van der Waals surface area contributed by atoms with Crippen LogP contribution in [0.5, 0.6) is 0 Å². The second-order valence-electron chi connectivity index (χ2n) is 17.6. The van der Waals surface area contributed by atoms with E-state index in [1.54, 1.807) is 80.7 Å². The molecule has 2 saturated heterocycles. The van der Waals surface area contributed by atoms with Gasteiger partial charge in [-0.15, -0.1) is 0 Å². The summed E-state index contributed by atoms with van der Waals surface area (Å²) >= 11 is 0. The summed E-state index contributed by atoms with van der Waals surface area (Å²) in [6.07, 6.45) is 3.46. The predicted octanol–water partition coefficient (Wildman–Crippen LogP) is 0.331. The molecule has 0 aromatic rings. The van der Waals surface area contributed by atoms with Crippen LogP contribution in [-0.2, 0) is 28.5 Å². The quantitative estimate of drug-likeness (QED) is 0.134. The number of carboxylic acids is 1. The number of hydrogen-bond acceptors (Lipinski definition) is 17.